The normalized spacial score (nSPS) is 20.3. The second-order valence-electron chi connectivity index (χ2n) is 6.16. The number of hydrogen-bond donors (Lipinski definition) is 2. The van der Waals surface area contributed by atoms with E-state index in [1.807, 2.05) is 6.92 Å². The van der Waals surface area contributed by atoms with Crippen molar-refractivity contribution in [1.82, 2.24) is 4.90 Å². The fourth-order valence-electron chi connectivity index (χ4n) is 2.84. The van der Waals surface area contributed by atoms with Crippen LogP contribution in [0.5, 0.6) is 0 Å². The molecule has 1 aromatic rings. The van der Waals surface area contributed by atoms with E-state index >= 15 is 0 Å². The first-order chi connectivity index (χ1) is 11.4. The number of carboxylic acids is 1. The number of benzene rings is 1. The lowest BCUT2D eigenvalue weighted by molar-refractivity contribution is -0.144. The van der Waals surface area contributed by atoms with Crippen molar-refractivity contribution in [2.24, 2.45) is 11.8 Å². The monoisotopic (exact) mass is 334 g/mol. The summed E-state index contributed by atoms with van der Waals surface area (Å²) in [5.74, 6) is -1.57. The number of carboxylic acid groups (broad SMARTS) is 1. The molecule has 1 heterocycles. The molecular weight excluding hydrogens is 312 g/mol. The minimum atomic E-state index is -0.869. The highest BCUT2D eigenvalue weighted by atomic mass is 16.5. The van der Waals surface area contributed by atoms with Gasteiger partial charge in [0.15, 0.2) is 0 Å². The molecule has 1 aliphatic heterocycles. The molecule has 1 aliphatic rings. The van der Waals surface area contributed by atoms with Gasteiger partial charge in [0.2, 0.25) is 0 Å². The van der Waals surface area contributed by atoms with Gasteiger partial charge in [0.1, 0.15) is 0 Å². The molecule has 0 aromatic heterocycles. The standard InChI is InChI=1S/C17H22N2O5/c1-11-7-13(16(21)22)10-19(9-11)17(23)18-14-5-3-12(4-6-14)8-15(20)24-2/h3-6,11,13H,7-10H2,1-2H3,(H,18,23)(H,21,22). The lowest BCUT2D eigenvalue weighted by atomic mass is 9.91. The molecule has 1 saturated heterocycles. The average Bonchev–Trinajstić information content (AvgIpc) is 2.55. The third kappa shape index (κ3) is 4.71. The van der Waals surface area contributed by atoms with Crippen LogP contribution in [-0.2, 0) is 20.7 Å². The number of nitrogens with zero attached hydrogens (tertiary/aromatic N) is 1. The van der Waals surface area contributed by atoms with E-state index in [1.54, 1.807) is 24.3 Å². The Balaban J connectivity index is 1.96. The van der Waals surface area contributed by atoms with Crippen molar-refractivity contribution in [1.29, 1.82) is 0 Å². The fourth-order valence-corrected chi connectivity index (χ4v) is 2.84. The summed E-state index contributed by atoms with van der Waals surface area (Å²) in [6.07, 6.45) is 0.760. The minimum absolute atomic E-state index is 0.146. The quantitative estimate of drug-likeness (QED) is 0.821. The van der Waals surface area contributed by atoms with Crippen molar-refractivity contribution < 1.29 is 24.2 Å². The van der Waals surface area contributed by atoms with Crippen LogP contribution >= 0.6 is 0 Å². The Kier molecular flexibility index (Phi) is 5.78. The molecule has 2 atom stereocenters. The topological polar surface area (TPSA) is 95.9 Å². The molecule has 1 fully saturated rings. The number of aliphatic carboxylic acids is 1. The summed E-state index contributed by atoms with van der Waals surface area (Å²) in [5, 5.41) is 11.9. The van der Waals surface area contributed by atoms with Crippen molar-refractivity contribution in [3.8, 4) is 0 Å². The zero-order valence-corrected chi connectivity index (χ0v) is 13.8. The maximum Gasteiger partial charge on any atom is 0.321 e. The van der Waals surface area contributed by atoms with Gasteiger partial charge in [-0.3, -0.25) is 9.59 Å². The Labute approximate surface area is 140 Å². The Morgan fingerprint density at radius 3 is 2.50 bits per heavy atom. The zero-order chi connectivity index (χ0) is 17.7. The third-order valence-corrected chi connectivity index (χ3v) is 4.08. The third-order valence-electron chi connectivity index (χ3n) is 4.08. The van der Waals surface area contributed by atoms with Gasteiger partial charge in [-0.15, -0.1) is 0 Å². The summed E-state index contributed by atoms with van der Waals surface area (Å²) in [6, 6.07) is 6.58. The van der Waals surface area contributed by atoms with Crippen LogP contribution in [-0.4, -0.2) is 48.2 Å². The Bertz CT molecular complexity index is 614. The molecule has 2 rings (SSSR count). The summed E-state index contributed by atoms with van der Waals surface area (Å²) in [7, 11) is 1.33. The number of anilines is 1. The molecule has 0 bridgehead atoms. The van der Waals surface area contributed by atoms with Gasteiger partial charge < -0.3 is 20.1 Å². The highest BCUT2D eigenvalue weighted by Crippen LogP contribution is 2.22. The summed E-state index contributed by atoms with van der Waals surface area (Å²) in [6.45, 7) is 2.69. The second kappa shape index (κ2) is 7.81. The van der Waals surface area contributed by atoms with E-state index in [-0.39, 0.29) is 30.9 Å². The Morgan fingerprint density at radius 1 is 1.25 bits per heavy atom. The van der Waals surface area contributed by atoms with Crippen molar-refractivity contribution in [3.05, 3.63) is 29.8 Å². The number of carbonyl (C=O) groups excluding carboxylic acids is 2. The Hall–Kier alpha value is -2.57. The van der Waals surface area contributed by atoms with E-state index in [0.717, 1.165) is 5.56 Å². The summed E-state index contributed by atoms with van der Waals surface area (Å²) in [4.78, 5) is 36.3. The van der Waals surface area contributed by atoms with Gasteiger partial charge in [-0.05, 0) is 30.0 Å². The van der Waals surface area contributed by atoms with Gasteiger partial charge in [-0.1, -0.05) is 19.1 Å². The van der Waals surface area contributed by atoms with Crippen molar-refractivity contribution >= 4 is 23.7 Å². The largest absolute Gasteiger partial charge is 0.481 e. The molecule has 2 N–H and O–H groups in total. The number of esters is 1. The smallest absolute Gasteiger partial charge is 0.321 e. The van der Waals surface area contributed by atoms with E-state index in [2.05, 4.69) is 10.1 Å². The van der Waals surface area contributed by atoms with E-state index < -0.39 is 11.9 Å². The van der Waals surface area contributed by atoms with Crippen LogP contribution in [0.2, 0.25) is 0 Å². The van der Waals surface area contributed by atoms with E-state index in [1.165, 1.54) is 12.0 Å². The number of likely N-dealkylation sites (tertiary alicyclic amines) is 1. The zero-order valence-electron chi connectivity index (χ0n) is 13.8. The highest BCUT2D eigenvalue weighted by molar-refractivity contribution is 5.90. The number of ether oxygens (including phenoxy) is 1. The molecular formula is C17H22N2O5. The van der Waals surface area contributed by atoms with Gasteiger partial charge >= 0.3 is 18.0 Å². The van der Waals surface area contributed by atoms with Crippen LogP contribution < -0.4 is 5.32 Å². The van der Waals surface area contributed by atoms with Gasteiger partial charge in [0, 0.05) is 18.8 Å². The van der Waals surface area contributed by atoms with Crippen molar-refractivity contribution in [2.75, 3.05) is 25.5 Å². The number of rotatable bonds is 4. The van der Waals surface area contributed by atoms with Gasteiger partial charge in [0.05, 0.1) is 19.4 Å². The minimum Gasteiger partial charge on any atom is -0.481 e. The lowest BCUT2D eigenvalue weighted by Crippen LogP contribution is -2.47. The molecule has 2 amide bonds. The maximum atomic E-state index is 12.3. The number of nitrogens with one attached hydrogen (secondary N) is 1. The maximum absolute atomic E-state index is 12.3. The predicted octanol–water partition coefficient (Wildman–Crippen LogP) is 1.98. The van der Waals surface area contributed by atoms with Crippen molar-refractivity contribution in [3.63, 3.8) is 0 Å². The van der Waals surface area contributed by atoms with Gasteiger partial charge in [-0.25, -0.2) is 4.79 Å². The molecule has 130 valence electrons. The SMILES string of the molecule is COC(=O)Cc1ccc(NC(=O)N2CC(C)CC(C(=O)O)C2)cc1. The van der Waals surface area contributed by atoms with Crippen LogP contribution in [0.1, 0.15) is 18.9 Å². The van der Waals surface area contributed by atoms with Crippen molar-refractivity contribution in [2.45, 2.75) is 19.8 Å². The fraction of sp³-hybridized carbons (Fsp3) is 0.471. The summed E-state index contributed by atoms with van der Waals surface area (Å²) >= 11 is 0. The molecule has 0 radical (unpaired) electrons. The van der Waals surface area contributed by atoms with Crippen LogP contribution in [0.15, 0.2) is 24.3 Å². The highest BCUT2D eigenvalue weighted by Gasteiger charge is 2.31. The molecule has 24 heavy (non-hydrogen) atoms. The van der Waals surface area contributed by atoms with Crippen LogP contribution in [0.4, 0.5) is 10.5 Å². The van der Waals surface area contributed by atoms with E-state index in [4.69, 9.17) is 0 Å². The first-order valence-electron chi connectivity index (χ1n) is 7.83. The summed E-state index contributed by atoms with van der Waals surface area (Å²) in [5.41, 5.74) is 1.39. The van der Waals surface area contributed by atoms with E-state index in [9.17, 15) is 19.5 Å². The van der Waals surface area contributed by atoms with Gasteiger partial charge in [0.25, 0.3) is 0 Å². The number of methoxy groups -OCH3 is 1. The molecule has 2 unspecified atom stereocenters. The van der Waals surface area contributed by atoms with Gasteiger partial charge in [-0.2, -0.15) is 0 Å². The number of piperidine rings is 1. The Morgan fingerprint density at radius 2 is 1.92 bits per heavy atom. The van der Waals surface area contributed by atoms with Crippen LogP contribution in [0.25, 0.3) is 0 Å². The molecule has 7 nitrogen and oxygen atoms in total. The number of carbonyl (C=O) groups is 3. The average molecular weight is 334 g/mol. The molecule has 0 spiro atoms. The second-order valence-corrected chi connectivity index (χ2v) is 6.16. The number of amides is 2. The van der Waals surface area contributed by atoms with Crippen LogP contribution in [0.3, 0.4) is 0 Å². The first-order valence-corrected chi connectivity index (χ1v) is 7.83. The summed E-state index contributed by atoms with van der Waals surface area (Å²) < 4.78 is 4.60. The molecule has 1 aromatic carbocycles. The first kappa shape index (κ1) is 17.8. The predicted molar refractivity (Wildman–Crippen MR) is 87.7 cm³/mol. The van der Waals surface area contributed by atoms with Crippen LogP contribution in [0, 0.1) is 11.8 Å². The molecule has 7 heteroatoms. The number of urea groups is 1. The lowest BCUT2D eigenvalue weighted by Gasteiger charge is -2.34. The number of hydrogen-bond acceptors (Lipinski definition) is 4. The van der Waals surface area contributed by atoms with E-state index in [0.29, 0.717) is 18.7 Å². The molecule has 0 saturated carbocycles. The molecule has 0 aliphatic carbocycles.